The Kier molecular flexibility index (Phi) is 17.4. The Morgan fingerprint density at radius 1 is 0.645 bits per heavy atom. The zero-order valence-electron chi connectivity index (χ0n) is 19.5. The summed E-state index contributed by atoms with van der Waals surface area (Å²) in [4.78, 5) is 12.0. The van der Waals surface area contributed by atoms with Crippen molar-refractivity contribution < 1.29 is 34.7 Å². The molecule has 0 aliphatic heterocycles. The minimum Gasteiger partial charge on any atom is -0.457 e. The van der Waals surface area contributed by atoms with Crippen molar-refractivity contribution in [1.82, 2.24) is 0 Å². The molecule has 0 aromatic rings. The maximum Gasteiger partial charge on any atom is 0.306 e. The summed E-state index contributed by atoms with van der Waals surface area (Å²) in [5, 5.41) is 0. The van der Waals surface area contributed by atoms with Gasteiger partial charge in [-0.2, -0.15) is 16.8 Å². The van der Waals surface area contributed by atoms with Crippen LogP contribution in [0.3, 0.4) is 0 Å². The van der Waals surface area contributed by atoms with Crippen LogP contribution in [0, 0.1) is 0 Å². The molecule has 10 heteroatoms. The summed E-state index contributed by atoms with van der Waals surface area (Å²) in [6.07, 6.45) is 16.4. The van der Waals surface area contributed by atoms with E-state index >= 15 is 0 Å². The highest BCUT2D eigenvalue weighted by Gasteiger charge is 2.20. The van der Waals surface area contributed by atoms with Crippen LogP contribution < -0.4 is 0 Å². The van der Waals surface area contributed by atoms with Gasteiger partial charge in [0, 0.05) is 6.42 Å². The molecule has 0 rings (SSSR count). The number of rotatable bonds is 21. The first-order valence-electron chi connectivity index (χ1n) is 11.4. The fraction of sp³-hybridized carbons (Fsp3) is 0.952. The lowest BCUT2D eigenvalue weighted by Crippen LogP contribution is -2.30. The van der Waals surface area contributed by atoms with Crippen LogP contribution in [0.2, 0.25) is 0 Å². The van der Waals surface area contributed by atoms with Gasteiger partial charge in [0.15, 0.2) is 6.10 Å². The lowest BCUT2D eigenvalue weighted by molar-refractivity contribution is -0.152. The van der Waals surface area contributed by atoms with Crippen molar-refractivity contribution in [2.45, 2.75) is 103 Å². The molecule has 0 aromatic heterocycles. The summed E-state index contributed by atoms with van der Waals surface area (Å²) in [6.45, 7) is 1.26. The van der Waals surface area contributed by atoms with E-state index < -0.39 is 45.5 Å². The summed E-state index contributed by atoms with van der Waals surface area (Å²) in [5.41, 5.74) is 0. The highest BCUT2D eigenvalue weighted by Crippen LogP contribution is 2.13. The van der Waals surface area contributed by atoms with Gasteiger partial charge in [0.25, 0.3) is 20.2 Å². The van der Waals surface area contributed by atoms with Crippen molar-refractivity contribution in [2.75, 3.05) is 25.7 Å². The lowest BCUT2D eigenvalue weighted by atomic mass is 10.0. The molecule has 0 saturated carbocycles. The predicted molar refractivity (Wildman–Crippen MR) is 122 cm³/mol. The Hall–Kier alpha value is -0.710. The average molecular weight is 487 g/mol. The SMILES string of the molecule is CCCCCCCCCCCCCCCC(=O)OC(COS(C)(=O)=O)COS(C)(=O)=O. The number of carbonyl (C=O) groups excluding carboxylic acids is 1. The Balaban J connectivity index is 3.86. The van der Waals surface area contributed by atoms with Crippen molar-refractivity contribution in [3.05, 3.63) is 0 Å². The third kappa shape index (κ3) is 23.8. The summed E-state index contributed by atoms with van der Waals surface area (Å²) >= 11 is 0. The first-order chi connectivity index (χ1) is 14.5. The molecule has 0 aromatic carbocycles. The van der Waals surface area contributed by atoms with Crippen LogP contribution in [-0.2, 0) is 38.1 Å². The molecule has 0 aliphatic carbocycles. The minimum atomic E-state index is -3.75. The van der Waals surface area contributed by atoms with E-state index in [1.54, 1.807) is 0 Å². The third-order valence-corrected chi connectivity index (χ3v) is 5.85. The number of esters is 1. The van der Waals surface area contributed by atoms with Gasteiger partial charge in [-0.1, -0.05) is 84.0 Å². The fourth-order valence-corrected chi connectivity index (χ4v) is 3.84. The van der Waals surface area contributed by atoms with Gasteiger partial charge in [0.1, 0.15) is 13.2 Å². The summed E-state index contributed by atoms with van der Waals surface area (Å²) < 4.78 is 58.8. The molecule has 0 N–H and O–H groups in total. The second-order valence-corrected chi connectivity index (χ2v) is 11.4. The molecule has 8 nitrogen and oxygen atoms in total. The molecule has 0 fully saturated rings. The maximum absolute atomic E-state index is 12.0. The molecule has 0 spiro atoms. The van der Waals surface area contributed by atoms with Crippen LogP contribution >= 0.6 is 0 Å². The number of carbonyl (C=O) groups is 1. The fourth-order valence-electron chi connectivity index (χ4n) is 3.05. The van der Waals surface area contributed by atoms with Gasteiger partial charge in [0.05, 0.1) is 12.5 Å². The standard InChI is InChI=1S/C21H42O8S2/c1-4-5-6-7-8-9-10-11-12-13-14-15-16-17-21(22)29-20(18-27-30(2,23)24)19-28-31(3,25)26/h20H,4-19H2,1-3H3. The smallest absolute Gasteiger partial charge is 0.306 e. The van der Waals surface area contributed by atoms with Crippen LogP contribution in [0.15, 0.2) is 0 Å². The molecular weight excluding hydrogens is 444 g/mol. The molecule has 0 saturated heterocycles. The number of unbranched alkanes of at least 4 members (excludes halogenated alkanes) is 12. The summed E-state index contributed by atoms with van der Waals surface area (Å²) in [7, 11) is -7.49. The second kappa shape index (κ2) is 17.8. The van der Waals surface area contributed by atoms with E-state index in [4.69, 9.17) is 4.74 Å². The minimum absolute atomic E-state index is 0.187. The normalized spacial score (nSPS) is 12.4. The van der Waals surface area contributed by atoms with Crippen molar-refractivity contribution in [1.29, 1.82) is 0 Å². The van der Waals surface area contributed by atoms with Crippen LogP contribution in [0.4, 0.5) is 0 Å². The quantitative estimate of drug-likeness (QED) is 0.134. The Bertz CT molecular complexity index is 623. The van der Waals surface area contributed by atoms with E-state index in [-0.39, 0.29) is 6.42 Å². The highest BCUT2D eigenvalue weighted by atomic mass is 32.2. The van der Waals surface area contributed by atoms with Crippen LogP contribution in [0.5, 0.6) is 0 Å². The van der Waals surface area contributed by atoms with Gasteiger partial charge < -0.3 is 4.74 Å². The molecule has 0 aliphatic rings. The van der Waals surface area contributed by atoms with Crippen LogP contribution in [0.25, 0.3) is 0 Å². The largest absolute Gasteiger partial charge is 0.457 e. The van der Waals surface area contributed by atoms with Gasteiger partial charge >= 0.3 is 5.97 Å². The van der Waals surface area contributed by atoms with E-state index in [0.29, 0.717) is 6.42 Å². The van der Waals surface area contributed by atoms with E-state index in [0.717, 1.165) is 31.8 Å². The number of hydrogen-bond donors (Lipinski definition) is 0. The molecule has 186 valence electrons. The Morgan fingerprint density at radius 3 is 1.35 bits per heavy atom. The van der Waals surface area contributed by atoms with Gasteiger partial charge in [-0.3, -0.25) is 13.2 Å². The van der Waals surface area contributed by atoms with Gasteiger partial charge in [0.2, 0.25) is 0 Å². The van der Waals surface area contributed by atoms with Crippen molar-refractivity contribution in [2.24, 2.45) is 0 Å². The maximum atomic E-state index is 12.0. The third-order valence-electron chi connectivity index (χ3n) is 4.72. The molecular formula is C21H42O8S2. The van der Waals surface area contributed by atoms with E-state index in [2.05, 4.69) is 15.3 Å². The number of hydrogen-bond acceptors (Lipinski definition) is 8. The molecule has 0 amide bonds. The zero-order valence-corrected chi connectivity index (χ0v) is 21.1. The van der Waals surface area contributed by atoms with E-state index in [1.165, 1.54) is 57.8 Å². The second-order valence-electron chi connectivity index (χ2n) is 8.08. The molecule has 0 unspecified atom stereocenters. The monoisotopic (exact) mass is 486 g/mol. The first-order valence-corrected chi connectivity index (χ1v) is 15.0. The van der Waals surface area contributed by atoms with Crippen molar-refractivity contribution in [3.8, 4) is 0 Å². The van der Waals surface area contributed by atoms with Gasteiger partial charge in [-0.25, -0.2) is 0 Å². The number of ether oxygens (including phenoxy) is 1. The van der Waals surface area contributed by atoms with Crippen molar-refractivity contribution in [3.63, 3.8) is 0 Å². The predicted octanol–water partition coefficient (Wildman–Crippen LogP) is 4.33. The summed E-state index contributed by atoms with van der Waals surface area (Å²) in [5.74, 6) is -0.526. The van der Waals surface area contributed by atoms with Crippen molar-refractivity contribution >= 4 is 26.2 Å². The van der Waals surface area contributed by atoms with Crippen LogP contribution in [0.1, 0.15) is 96.8 Å². The molecule has 0 radical (unpaired) electrons. The van der Waals surface area contributed by atoms with Crippen LogP contribution in [-0.4, -0.2) is 54.6 Å². The molecule has 0 atom stereocenters. The summed E-state index contributed by atoms with van der Waals surface area (Å²) in [6, 6.07) is 0. The molecule has 0 heterocycles. The molecule has 31 heavy (non-hydrogen) atoms. The topological polar surface area (TPSA) is 113 Å². The Labute approximate surface area is 189 Å². The Morgan fingerprint density at radius 2 is 1.00 bits per heavy atom. The van der Waals surface area contributed by atoms with E-state index in [9.17, 15) is 21.6 Å². The van der Waals surface area contributed by atoms with Gasteiger partial charge in [-0.05, 0) is 6.42 Å². The highest BCUT2D eigenvalue weighted by molar-refractivity contribution is 7.86. The van der Waals surface area contributed by atoms with Gasteiger partial charge in [-0.15, -0.1) is 0 Å². The lowest BCUT2D eigenvalue weighted by Gasteiger charge is -2.17. The van der Waals surface area contributed by atoms with E-state index in [1.807, 2.05) is 0 Å². The first kappa shape index (κ1) is 30.3. The zero-order chi connectivity index (χ0) is 23.6. The average Bonchev–Trinajstić information content (AvgIpc) is 2.66. The molecule has 0 bridgehead atoms.